The highest BCUT2D eigenvalue weighted by atomic mass is 19.1. The van der Waals surface area contributed by atoms with Gasteiger partial charge >= 0.3 is 6.01 Å². The Labute approximate surface area is 262 Å². The number of amides is 1. The smallest absolute Gasteiger partial charge is 0.322 e. The normalized spacial score (nSPS) is 20.5. The lowest BCUT2D eigenvalue weighted by molar-refractivity contribution is -0.129. The molecule has 2 atom stereocenters. The molecule has 6 rings (SSSR count). The van der Waals surface area contributed by atoms with Crippen molar-refractivity contribution >= 4 is 22.5 Å². The predicted octanol–water partition coefficient (Wildman–Crippen LogP) is 4.81. The van der Waals surface area contributed by atoms with Crippen LogP contribution in [0.3, 0.4) is 0 Å². The summed E-state index contributed by atoms with van der Waals surface area (Å²) in [5.41, 5.74) is 0.123. The summed E-state index contributed by atoms with van der Waals surface area (Å²) in [7, 11) is 3.87. The number of phenols is 1. The van der Waals surface area contributed by atoms with Crippen molar-refractivity contribution in [1.29, 1.82) is 0 Å². The van der Waals surface area contributed by atoms with Gasteiger partial charge in [0.15, 0.2) is 11.9 Å². The van der Waals surface area contributed by atoms with Gasteiger partial charge in [-0.05, 0) is 68.9 Å². The fourth-order valence-corrected chi connectivity index (χ4v) is 6.78. The zero-order chi connectivity index (χ0) is 31.7. The number of terminal acetylenes is 1. The summed E-state index contributed by atoms with van der Waals surface area (Å²) in [6, 6.07) is 6.23. The molecule has 1 unspecified atom stereocenters. The van der Waals surface area contributed by atoms with Crippen LogP contribution in [0, 0.1) is 18.2 Å². The number of nitrogens with zero attached hydrogens (tertiary/aromatic N) is 4. The van der Waals surface area contributed by atoms with Gasteiger partial charge in [0.25, 0.3) is 5.88 Å². The van der Waals surface area contributed by atoms with E-state index in [1.165, 1.54) is 24.3 Å². The Morgan fingerprint density at radius 2 is 2.13 bits per heavy atom. The van der Waals surface area contributed by atoms with Crippen molar-refractivity contribution in [2.24, 2.45) is 0 Å². The van der Waals surface area contributed by atoms with Gasteiger partial charge in [0.1, 0.15) is 24.8 Å². The molecule has 236 valence electrons. The number of aromatic hydroxyl groups is 1. The molecule has 45 heavy (non-hydrogen) atoms. The number of halogens is 1. The van der Waals surface area contributed by atoms with Crippen molar-refractivity contribution in [3.8, 4) is 35.7 Å². The monoisotopic (exact) mass is 615 g/mol. The van der Waals surface area contributed by atoms with E-state index in [-0.39, 0.29) is 41.8 Å². The Kier molecular flexibility index (Phi) is 8.42. The SMILES string of the molecule is C#Cc1c(F)ccc2cc(O)cc(C3COc4c(NCC5(N(C)C(=O)C=C)CCCC5)nc(OC[C@@H]5CCCN5C)nc4O3)c12. The van der Waals surface area contributed by atoms with Crippen LogP contribution in [-0.2, 0) is 4.79 Å². The van der Waals surface area contributed by atoms with E-state index < -0.39 is 17.5 Å². The van der Waals surface area contributed by atoms with Crippen LogP contribution < -0.4 is 19.5 Å². The topological polar surface area (TPSA) is 109 Å². The number of hydrogen-bond donors (Lipinski definition) is 2. The van der Waals surface area contributed by atoms with Crippen LogP contribution in [0.25, 0.3) is 10.8 Å². The number of carbonyl (C=O) groups excluding carboxylic acids is 1. The maximum Gasteiger partial charge on any atom is 0.322 e. The number of phenolic OH excluding ortho intramolecular Hbond substituents is 1. The lowest BCUT2D eigenvalue weighted by atomic mass is 9.95. The molecule has 1 saturated carbocycles. The summed E-state index contributed by atoms with van der Waals surface area (Å²) in [6.07, 6.45) is 12.0. The van der Waals surface area contributed by atoms with Crippen LogP contribution in [-0.4, -0.2) is 82.8 Å². The first kappa shape index (κ1) is 30.5. The molecule has 1 saturated heterocycles. The standard InChI is InChI=1S/C34H38FN5O5/c1-5-24-26(35)12-11-21-16-23(41)17-25(29(21)24)27-19-43-30-31(36-20-34(13-7-8-14-34)40(4)28(42)6-2)37-33(38-32(30)45-27)44-18-22-10-9-15-39(22)3/h1,6,11-12,16-17,22,27,41H,2,7-10,13-15,18-20H2,3-4H3,(H,36,37,38)/t22-,27?/m0/s1. The van der Waals surface area contributed by atoms with Gasteiger partial charge in [-0.3, -0.25) is 4.79 Å². The Bertz CT molecular complexity index is 1670. The number of ether oxygens (including phenoxy) is 3. The van der Waals surface area contributed by atoms with Gasteiger partial charge in [-0.2, -0.15) is 9.97 Å². The van der Waals surface area contributed by atoms with E-state index in [1.807, 2.05) is 0 Å². The molecule has 2 aromatic carbocycles. The van der Waals surface area contributed by atoms with Crippen LogP contribution in [0.2, 0.25) is 0 Å². The predicted molar refractivity (Wildman–Crippen MR) is 168 cm³/mol. The minimum atomic E-state index is -0.768. The van der Waals surface area contributed by atoms with Crippen molar-refractivity contribution in [3.05, 3.63) is 53.9 Å². The molecule has 2 aliphatic heterocycles. The van der Waals surface area contributed by atoms with Crippen LogP contribution in [0.15, 0.2) is 36.9 Å². The van der Waals surface area contributed by atoms with Crippen molar-refractivity contribution in [1.82, 2.24) is 19.8 Å². The van der Waals surface area contributed by atoms with Gasteiger partial charge in [-0.1, -0.05) is 31.4 Å². The van der Waals surface area contributed by atoms with E-state index in [2.05, 4.69) is 39.7 Å². The third kappa shape index (κ3) is 5.82. The zero-order valence-corrected chi connectivity index (χ0v) is 25.6. The highest BCUT2D eigenvalue weighted by Gasteiger charge is 2.40. The Hall–Kier alpha value is -4.56. The van der Waals surface area contributed by atoms with E-state index in [1.54, 1.807) is 18.0 Å². The van der Waals surface area contributed by atoms with Crippen molar-refractivity contribution in [2.75, 3.05) is 45.7 Å². The quantitative estimate of drug-likeness (QED) is 0.259. The number of rotatable bonds is 9. The summed E-state index contributed by atoms with van der Waals surface area (Å²) in [5.74, 6) is 2.57. The third-order valence-corrected chi connectivity index (χ3v) is 9.43. The summed E-state index contributed by atoms with van der Waals surface area (Å²) >= 11 is 0. The highest BCUT2D eigenvalue weighted by Crippen LogP contribution is 2.44. The van der Waals surface area contributed by atoms with E-state index >= 15 is 0 Å². The molecule has 3 aromatic rings. The molecule has 2 N–H and O–H groups in total. The lowest BCUT2D eigenvalue weighted by Crippen LogP contribution is -2.51. The zero-order valence-electron chi connectivity index (χ0n) is 25.6. The highest BCUT2D eigenvalue weighted by molar-refractivity contribution is 5.93. The molecule has 0 spiro atoms. The summed E-state index contributed by atoms with van der Waals surface area (Å²) in [6.45, 7) is 5.52. The first-order chi connectivity index (χ1) is 21.7. The molecule has 10 nitrogen and oxygen atoms in total. The average molecular weight is 616 g/mol. The molecule has 11 heteroatoms. The molecule has 2 fully saturated rings. The Morgan fingerprint density at radius 1 is 1.33 bits per heavy atom. The third-order valence-electron chi connectivity index (χ3n) is 9.43. The summed E-state index contributed by atoms with van der Waals surface area (Å²) in [5, 5.41) is 15.0. The van der Waals surface area contributed by atoms with E-state index in [0.717, 1.165) is 45.1 Å². The maximum absolute atomic E-state index is 14.8. The number of aromatic nitrogens is 2. The minimum Gasteiger partial charge on any atom is -0.508 e. The van der Waals surface area contributed by atoms with E-state index in [0.29, 0.717) is 41.1 Å². The second kappa shape index (κ2) is 12.4. The largest absolute Gasteiger partial charge is 0.508 e. The molecule has 1 aromatic heterocycles. The molecule has 0 bridgehead atoms. The molecule has 3 heterocycles. The van der Waals surface area contributed by atoms with Gasteiger partial charge in [-0.25, -0.2) is 4.39 Å². The number of carbonyl (C=O) groups is 1. The fourth-order valence-electron chi connectivity index (χ4n) is 6.78. The molecule has 1 amide bonds. The number of fused-ring (bicyclic) bond motifs is 2. The number of likely N-dealkylation sites (tertiary alicyclic amines) is 1. The minimum absolute atomic E-state index is 0.0173. The second-order valence-corrected chi connectivity index (χ2v) is 12.1. The summed E-state index contributed by atoms with van der Waals surface area (Å²) < 4.78 is 33.5. The number of anilines is 1. The Morgan fingerprint density at radius 3 is 2.84 bits per heavy atom. The van der Waals surface area contributed by atoms with Gasteiger partial charge in [0, 0.05) is 30.6 Å². The molecule has 0 radical (unpaired) electrons. The van der Waals surface area contributed by atoms with Crippen molar-refractivity contribution < 1.29 is 28.5 Å². The van der Waals surface area contributed by atoms with Gasteiger partial charge < -0.3 is 34.4 Å². The van der Waals surface area contributed by atoms with Crippen molar-refractivity contribution in [2.45, 2.75) is 56.2 Å². The molecular weight excluding hydrogens is 577 g/mol. The van der Waals surface area contributed by atoms with Crippen LogP contribution in [0.5, 0.6) is 23.4 Å². The number of nitrogens with one attached hydrogen (secondary N) is 1. The fraction of sp³-hybridized carbons (Fsp3) is 0.441. The first-order valence-electron chi connectivity index (χ1n) is 15.3. The first-order valence-corrected chi connectivity index (χ1v) is 15.3. The number of benzene rings is 2. The molecular formula is C34H38FN5O5. The summed E-state index contributed by atoms with van der Waals surface area (Å²) in [4.78, 5) is 25.9. The van der Waals surface area contributed by atoms with Gasteiger partial charge in [0.05, 0.1) is 11.1 Å². The van der Waals surface area contributed by atoms with Crippen molar-refractivity contribution in [3.63, 3.8) is 0 Å². The van der Waals surface area contributed by atoms with E-state index in [4.69, 9.17) is 20.6 Å². The lowest BCUT2D eigenvalue weighted by Gasteiger charge is -2.39. The maximum atomic E-state index is 14.8. The van der Waals surface area contributed by atoms with Crippen LogP contribution in [0.1, 0.15) is 55.8 Å². The average Bonchev–Trinajstić information content (AvgIpc) is 3.70. The molecule has 1 aliphatic carbocycles. The number of hydrogen-bond acceptors (Lipinski definition) is 9. The van der Waals surface area contributed by atoms with E-state index in [9.17, 15) is 14.3 Å². The molecule has 3 aliphatic rings. The Balaban J connectivity index is 1.35. The van der Waals surface area contributed by atoms with Gasteiger partial charge in [-0.15, -0.1) is 6.42 Å². The van der Waals surface area contributed by atoms with Crippen LogP contribution >= 0.6 is 0 Å². The number of likely N-dealkylation sites (N-methyl/N-ethyl adjacent to an activating group) is 2. The second-order valence-electron chi connectivity index (χ2n) is 12.1. The van der Waals surface area contributed by atoms with Gasteiger partial charge in [0.2, 0.25) is 11.7 Å². The van der Waals surface area contributed by atoms with Crippen LogP contribution in [0.4, 0.5) is 10.2 Å².